The second kappa shape index (κ2) is 7.79. The predicted molar refractivity (Wildman–Crippen MR) is 124 cm³/mol. The summed E-state index contributed by atoms with van der Waals surface area (Å²) in [5.41, 5.74) is 6.40. The lowest BCUT2D eigenvalue weighted by molar-refractivity contribution is -0.112. The maximum Gasteiger partial charge on any atom is 0.189 e. The van der Waals surface area contributed by atoms with Crippen molar-refractivity contribution < 1.29 is 4.79 Å². The van der Waals surface area contributed by atoms with E-state index >= 15 is 0 Å². The molecule has 2 nitrogen and oxygen atoms in total. The Morgan fingerprint density at radius 1 is 0.700 bits per heavy atom. The van der Waals surface area contributed by atoms with Crippen LogP contribution in [0, 0.1) is 6.92 Å². The van der Waals surface area contributed by atoms with Gasteiger partial charge in [-0.3, -0.25) is 4.79 Å². The molecule has 0 radical (unpaired) electrons. The van der Waals surface area contributed by atoms with Crippen molar-refractivity contribution in [1.29, 1.82) is 0 Å². The standard InChI is InChI=1S/C28H25NO/c1-20-12-14-23(15-13-20)29-26-16-17-27(29)25(19-22-10-6-3-7-11-22)28(30)24(26)18-21-8-4-2-5-9-21/h2-15,18-19,26-27H,16-17H2,1H3/b24-18+,25-19+/t26-,27+. The van der Waals surface area contributed by atoms with Gasteiger partial charge in [-0.15, -0.1) is 0 Å². The molecule has 2 fully saturated rings. The number of fused-ring (bicyclic) bond motifs is 2. The lowest BCUT2D eigenvalue weighted by atomic mass is 9.87. The van der Waals surface area contributed by atoms with E-state index in [4.69, 9.17) is 0 Å². The third-order valence-corrected chi connectivity index (χ3v) is 6.20. The van der Waals surface area contributed by atoms with E-state index in [2.05, 4.69) is 72.5 Å². The van der Waals surface area contributed by atoms with E-state index in [0.29, 0.717) is 0 Å². The molecule has 30 heavy (non-hydrogen) atoms. The number of nitrogens with zero attached hydrogens (tertiary/aromatic N) is 1. The van der Waals surface area contributed by atoms with E-state index in [0.717, 1.165) is 35.1 Å². The SMILES string of the molecule is Cc1ccc(N2[C@@H]3CC[C@H]2/C(=C\c2ccccc2)C(=O)/C3=C/c2ccccc2)cc1. The highest BCUT2D eigenvalue weighted by molar-refractivity contribution is 6.17. The molecule has 2 atom stereocenters. The molecule has 2 saturated heterocycles. The van der Waals surface area contributed by atoms with Crippen LogP contribution < -0.4 is 4.90 Å². The molecule has 0 aromatic heterocycles. The second-order valence-electron chi connectivity index (χ2n) is 8.20. The highest BCUT2D eigenvalue weighted by Gasteiger charge is 2.46. The predicted octanol–water partition coefficient (Wildman–Crippen LogP) is 6.08. The van der Waals surface area contributed by atoms with Crippen LogP contribution >= 0.6 is 0 Å². The van der Waals surface area contributed by atoms with Crippen LogP contribution in [0.4, 0.5) is 5.69 Å². The maximum atomic E-state index is 13.7. The van der Waals surface area contributed by atoms with Crippen LogP contribution in [0.3, 0.4) is 0 Å². The van der Waals surface area contributed by atoms with Crippen molar-refractivity contribution in [2.24, 2.45) is 0 Å². The first-order valence-corrected chi connectivity index (χ1v) is 10.6. The molecule has 0 spiro atoms. The van der Waals surface area contributed by atoms with Gasteiger partial charge in [0.1, 0.15) is 0 Å². The molecule has 0 unspecified atom stereocenters. The van der Waals surface area contributed by atoms with Crippen molar-refractivity contribution >= 4 is 23.6 Å². The maximum absolute atomic E-state index is 13.7. The van der Waals surface area contributed by atoms with Crippen LogP contribution in [0.2, 0.25) is 0 Å². The minimum absolute atomic E-state index is 0.123. The van der Waals surface area contributed by atoms with E-state index in [1.807, 2.05) is 36.4 Å². The average molecular weight is 392 g/mol. The summed E-state index contributed by atoms with van der Waals surface area (Å²) >= 11 is 0. The number of hydrogen-bond acceptors (Lipinski definition) is 2. The number of anilines is 1. The molecule has 0 N–H and O–H groups in total. The zero-order chi connectivity index (χ0) is 20.5. The minimum atomic E-state index is 0.123. The topological polar surface area (TPSA) is 20.3 Å². The Bertz CT molecular complexity index is 1040. The molecule has 0 amide bonds. The van der Waals surface area contributed by atoms with E-state index in [1.165, 1.54) is 11.3 Å². The molecule has 2 heterocycles. The van der Waals surface area contributed by atoms with Crippen LogP contribution in [-0.2, 0) is 4.79 Å². The molecule has 2 bridgehead atoms. The number of Topliss-reactive ketones (excluding diaryl/α,β-unsaturated/α-hetero) is 1. The largest absolute Gasteiger partial charge is 0.357 e. The van der Waals surface area contributed by atoms with E-state index in [9.17, 15) is 4.79 Å². The van der Waals surface area contributed by atoms with Gasteiger partial charge < -0.3 is 4.90 Å². The van der Waals surface area contributed by atoms with E-state index in [1.54, 1.807) is 0 Å². The Morgan fingerprint density at radius 2 is 1.17 bits per heavy atom. The first kappa shape index (κ1) is 18.6. The van der Waals surface area contributed by atoms with Gasteiger partial charge in [-0.25, -0.2) is 0 Å². The summed E-state index contributed by atoms with van der Waals surface area (Å²) < 4.78 is 0. The quantitative estimate of drug-likeness (QED) is 0.504. The lowest BCUT2D eigenvalue weighted by Crippen LogP contribution is -2.46. The van der Waals surface area contributed by atoms with Crippen molar-refractivity contribution in [2.45, 2.75) is 31.8 Å². The molecule has 5 rings (SSSR count). The van der Waals surface area contributed by atoms with Crippen LogP contribution in [0.1, 0.15) is 29.5 Å². The van der Waals surface area contributed by atoms with Gasteiger partial charge in [-0.2, -0.15) is 0 Å². The molecule has 0 aliphatic carbocycles. The summed E-state index contributed by atoms with van der Waals surface area (Å²) in [6, 6.07) is 29.3. The Morgan fingerprint density at radius 3 is 1.63 bits per heavy atom. The first-order chi connectivity index (χ1) is 14.7. The molecule has 0 saturated carbocycles. The van der Waals surface area contributed by atoms with Gasteiger partial charge in [0.2, 0.25) is 0 Å². The molecular weight excluding hydrogens is 366 g/mol. The molecule has 3 aromatic carbocycles. The summed E-state index contributed by atoms with van der Waals surface area (Å²) in [4.78, 5) is 16.1. The number of benzene rings is 3. The van der Waals surface area contributed by atoms with Gasteiger partial charge >= 0.3 is 0 Å². The van der Waals surface area contributed by atoms with Gasteiger partial charge in [0.05, 0.1) is 12.1 Å². The summed E-state index contributed by atoms with van der Waals surface area (Å²) in [6.07, 6.45) is 6.17. The Kier molecular flexibility index (Phi) is 4.84. The smallest absolute Gasteiger partial charge is 0.189 e. The third-order valence-electron chi connectivity index (χ3n) is 6.20. The second-order valence-corrected chi connectivity index (χ2v) is 8.20. The van der Waals surface area contributed by atoms with Crippen molar-refractivity contribution in [3.05, 3.63) is 113 Å². The number of aryl methyl sites for hydroxylation is 1. The van der Waals surface area contributed by atoms with Gasteiger partial charge in [-0.05, 0) is 55.2 Å². The van der Waals surface area contributed by atoms with Crippen LogP contribution in [0.25, 0.3) is 12.2 Å². The lowest BCUT2D eigenvalue weighted by Gasteiger charge is -2.39. The molecule has 3 aromatic rings. The summed E-state index contributed by atoms with van der Waals surface area (Å²) in [5, 5.41) is 0. The Balaban J connectivity index is 1.65. The number of carbonyl (C=O) groups excluding carboxylic acids is 1. The zero-order valence-corrected chi connectivity index (χ0v) is 17.2. The van der Waals surface area contributed by atoms with Crippen molar-refractivity contribution in [3.63, 3.8) is 0 Å². The monoisotopic (exact) mass is 391 g/mol. The summed E-state index contributed by atoms with van der Waals surface area (Å²) in [7, 11) is 0. The normalized spacial score (nSPS) is 23.4. The Labute approximate surface area is 178 Å². The number of rotatable bonds is 3. The van der Waals surface area contributed by atoms with Crippen molar-refractivity contribution in [2.75, 3.05) is 4.90 Å². The minimum Gasteiger partial charge on any atom is -0.357 e. The molecular formula is C28H25NO. The number of hydrogen-bond donors (Lipinski definition) is 0. The highest BCUT2D eigenvalue weighted by atomic mass is 16.1. The van der Waals surface area contributed by atoms with Gasteiger partial charge in [0.25, 0.3) is 0 Å². The Hall–Kier alpha value is -3.39. The van der Waals surface area contributed by atoms with Crippen LogP contribution in [0.15, 0.2) is 96.1 Å². The fraction of sp³-hybridized carbons (Fsp3) is 0.179. The van der Waals surface area contributed by atoms with Crippen molar-refractivity contribution in [3.8, 4) is 0 Å². The molecule has 2 heteroatoms. The number of piperidine rings is 1. The first-order valence-electron chi connectivity index (χ1n) is 10.6. The number of carbonyl (C=O) groups is 1. The van der Waals surface area contributed by atoms with E-state index < -0.39 is 0 Å². The number of ketones is 1. The molecule has 2 aliphatic heterocycles. The van der Waals surface area contributed by atoms with Crippen LogP contribution in [-0.4, -0.2) is 17.9 Å². The van der Waals surface area contributed by atoms with Gasteiger partial charge in [0, 0.05) is 16.8 Å². The highest BCUT2D eigenvalue weighted by Crippen LogP contribution is 2.44. The zero-order valence-electron chi connectivity index (χ0n) is 17.2. The van der Waals surface area contributed by atoms with E-state index in [-0.39, 0.29) is 17.9 Å². The van der Waals surface area contributed by atoms with Gasteiger partial charge in [0.15, 0.2) is 5.78 Å². The summed E-state index contributed by atoms with van der Waals surface area (Å²) in [5.74, 6) is 0.193. The third kappa shape index (κ3) is 3.39. The fourth-order valence-electron chi connectivity index (χ4n) is 4.75. The average Bonchev–Trinajstić information content (AvgIpc) is 3.16. The summed E-state index contributed by atoms with van der Waals surface area (Å²) in [6.45, 7) is 2.11. The molecule has 2 aliphatic rings. The van der Waals surface area contributed by atoms with Gasteiger partial charge in [-0.1, -0.05) is 78.4 Å². The van der Waals surface area contributed by atoms with Crippen LogP contribution in [0.5, 0.6) is 0 Å². The fourth-order valence-corrected chi connectivity index (χ4v) is 4.75. The van der Waals surface area contributed by atoms with Crippen molar-refractivity contribution in [1.82, 2.24) is 0 Å². The molecule has 148 valence electrons.